The average Bonchev–Trinajstić information content (AvgIpc) is 2.93. The van der Waals surface area contributed by atoms with Crippen molar-refractivity contribution in [3.05, 3.63) is 59.9 Å². The quantitative estimate of drug-likeness (QED) is 0.623. The Balaban J connectivity index is 1.79. The Morgan fingerprint density at radius 1 is 1.11 bits per heavy atom. The summed E-state index contributed by atoms with van der Waals surface area (Å²) in [7, 11) is 0. The number of carbonyl (C=O) groups excluding carboxylic acids is 1. The minimum atomic E-state index is -0.0740. The molecule has 0 saturated heterocycles. The van der Waals surface area contributed by atoms with Crippen LogP contribution in [0.3, 0.4) is 0 Å². The zero-order chi connectivity index (χ0) is 13.1. The molecule has 0 amide bonds. The van der Waals surface area contributed by atoms with E-state index in [0.29, 0.717) is 17.1 Å². The number of aromatic nitrogens is 1. The predicted octanol–water partition coefficient (Wildman–Crippen LogP) is 2.71. The monoisotopic (exact) mass is 253 g/mol. The summed E-state index contributed by atoms with van der Waals surface area (Å²) in [6.07, 6.45) is 6.66. The van der Waals surface area contributed by atoms with Gasteiger partial charge in [-0.3, -0.25) is 9.78 Å². The number of nitrogens with zero attached hydrogens (tertiary/aromatic N) is 1. The first-order valence-corrected chi connectivity index (χ1v) is 5.85. The summed E-state index contributed by atoms with van der Waals surface area (Å²) < 4.78 is 10.4. The fourth-order valence-electron chi connectivity index (χ4n) is 1.79. The summed E-state index contributed by atoms with van der Waals surface area (Å²) in [5, 5.41) is 0. The van der Waals surface area contributed by atoms with E-state index in [1.165, 1.54) is 6.08 Å². The first-order chi connectivity index (χ1) is 9.33. The van der Waals surface area contributed by atoms with Crippen LogP contribution in [-0.4, -0.2) is 17.6 Å². The van der Waals surface area contributed by atoms with Gasteiger partial charge >= 0.3 is 0 Å². The van der Waals surface area contributed by atoms with Crippen LogP contribution in [0.1, 0.15) is 15.9 Å². The minimum absolute atomic E-state index is 0.0740. The SMILES string of the molecule is O=C(/C=C/c1ccncc1)c1ccc2c(c1)OCO2. The molecule has 0 N–H and O–H groups in total. The number of hydrogen-bond donors (Lipinski definition) is 0. The average molecular weight is 253 g/mol. The highest BCUT2D eigenvalue weighted by atomic mass is 16.7. The molecule has 4 heteroatoms. The van der Waals surface area contributed by atoms with E-state index in [9.17, 15) is 4.79 Å². The standard InChI is InChI=1S/C15H11NO3/c17-13(3-1-11-5-7-16-8-6-11)12-2-4-14-15(9-12)19-10-18-14/h1-9H,10H2/b3-1+. The second-order valence-electron chi connectivity index (χ2n) is 4.05. The fraction of sp³-hybridized carbons (Fsp3) is 0.0667. The molecule has 94 valence electrons. The number of ketones is 1. The molecule has 0 spiro atoms. The number of ether oxygens (including phenoxy) is 2. The Labute approximate surface area is 110 Å². The van der Waals surface area contributed by atoms with Crippen molar-refractivity contribution in [2.24, 2.45) is 0 Å². The van der Waals surface area contributed by atoms with E-state index in [4.69, 9.17) is 9.47 Å². The lowest BCUT2D eigenvalue weighted by molar-refractivity contribution is 0.104. The smallest absolute Gasteiger partial charge is 0.231 e. The van der Waals surface area contributed by atoms with Crippen molar-refractivity contribution in [2.75, 3.05) is 6.79 Å². The van der Waals surface area contributed by atoms with Crippen LogP contribution in [0, 0.1) is 0 Å². The van der Waals surface area contributed by atoms with Crippen LogP contribution in [0.15, 0.2) is 48.8 Å². The van der Waals surface area contributed by atoms with Crippen LogP contribution in [-0.2, 0) is 0 Å². The molecule has 0 unspecified atom stereocenters. The Morgan fingerprint density at radius 3 is 2.74 bits per heavy atom. The lowest BCUT2D eigenvalue weighted by Gasteiger charge is -1.99. The molecule has 1 aliphatic heterocycles. The molecule has 1 aliphatic rings. The number of carbonyl (C=O) groups is 1. The first-order valence-electron chi connectivity index (χ1n) is 5.85. The third kappa shape index (κ3) is 2.47. The molecule has 0 aliphatic carbocycles. The van der Waals surface area contributed by atoms with Crippen LogP contribution in [0.4, 0.5) is 0 Å². The molecule has 2 aromatic rings. The van der Waals surface area contributed by atoms with E-state index in [-0.39, 0.29) is 12.6 Å². The topological polar surface area (TPSA) is 48.4 Å². The zero-order valence-corrected chi connectivity index (χ0v) is 10.1. The summed E-state index contributed by atoms with van der Waals surface area (Å²) in [5.41, 5.74) is 1.51. The van der Waals surface area contributed by atoms with Crippen LogP contribution < -0.4 is 9.47 Å². The summed E-state index contributed by atoms with van der Waals surface area (Å²) >= 11 is 0. The summed E-state index contributed by atoms with van der Waals surface area (Å²) in [6.45, 7) is 0.208. The second-order valence-corrected chi connectivity index (χ2v) is 4.05. The highest BCUT2D eigenvalue weighted by Gasteiger charge is 2.14. The van der Waals surface area contributed by atoms with Gasteiger partial charge in [0.15, 0.2) is 17.3 Å². The Morgan fingerprint density at radius 2 is 1.89 bits per heavy atom. The van der Waals surface area contributed by atoms with Crippen LogP contribution in [0.25, 0.3) is 6.08 Å². The lowest BCUT2D eigenvalue weighted by atomic mass is 10.1. The molecule has 4 nitrogen and oxygen atoms in total. The highest BCUT2D eigenvalue weighted by molar-refractivity contribution is 6.07. The number of fused-ring (bicyclic) bond motifs is 1. The number of rotatable bonds is 3. The van der Waals surface area contributed by atoms with Crippen molar-refractivity contribution in [1.82, 2.24) is 4.98 Å². The summed E-state index contributed by atoms with van der Waals surface area (Å²) in [5.74, 6) is 1.22. The van der Waals surface area contributed by atoms with Crippen molar-refractivity contribution in [3.63, 3.8) is 0 Å². The predicted molar refractivity (Wildman–Crippen MR) is 70.2 cm³/mol. The molecule has 0 bridgehead atoms. The third-order valence-corrected chi connectivity index (χ3v) is 2.79. The Bertz CT molecular complexity index is 635. The zero-order valence-electron chi connectivity index (χ0n) is 10.1. The molecule has 1 aromatic carbocycles. The van der Waals surface area contributed by atoms with E-state index in [1.54, 1.807) is 36.7 Å². The van der Waals surface area contributed by atoms with E-state index in [0.717, 1.165) is 5.56 Å². The van der Waals surface area contributed by atoms with Gasteiger partial charge in [-0.1, -0.05) is 6.08 Å². The van der Waals surface area contributed by atoms with Gasteiger partial charge in [0, 0.05) is 18.0 Å². The van der Waals surface area contributed by atoms with Gasteiger partial charge in [0.2, 0.25) is 6.79 Å². The van der Waals surface area contributed by atoms with Crippen LogP contribution in [0.2, 0.25) is 0 Å². The molecule has 19 heavy (non-hydrogen) atoms. The van der Waals surface area contributed by atoms with Gasteiger partial charge in [-0.05, 0) is 42.0 Å². The lowest BCUT2D eigenvalue weighted by Crippen LogP contribution is -1.94. The van der Waals surface area contributed by atoms with Crippen molar-refractivity contribution in [1.29, 1.82) is 0 Å². The van der Waals surface area contributed by atoms with Crippen LogP contribution >= 0.6 is 0 Å². The molecule has 0 radical (unpaired) electrons. The molecular formula is C15H11NO3. The number of pyridine rings is 1. The van der Waals surface area contributed by atoms with Crippen molar-refractivity contribution in [2.45, 2.75) is 0 Å². The maximum atomic E-state index is 12.0. The van der Waals surface area contributed by atoms with Gasteiger partial charge in [-0.15, -0.1) is 0 Å². The molecule has 1 aromatic heterocycles. The molecule has 0 saturated carbocycles. The van der Waals surface area contributed by atoms with Crippen molar-refractivity contribution in [3.8, 4) is 11.5 Å². The van der Waals surface area contributed by atoms with Gasteiger partial charge in [-0.2, -0.15) is 0 Å². The first kappa shape index (κ1) is 11.5. The number of hydrogen-bond acceptors (Lipinski definition) is 4. The second kappa shape index (κ2) is 4.94. The number of benzene rings is 1. The van der Waals surface area contributed by atoms with Gasteiger partial charge in [0.1, 0.15) is 0 Å². The minimum Gasteiger partial charge on any atom is -0.454 e. The van der Waals surface area contributed by atoms with Gasteiger partial charge in [-0.25, -0.2) is 0 Å². The highest BCUT2D eigenvalue weighted by Crippen LogP contribution is 2.32. The van der Waals surface area contributed by atoms with Gasteiger partial charge < -0.3 is 9.47 Å². The molecule has 0 fully saturated rings. The van der Waals surface area contributed by atoms with Gasteiger partial charge in [0.25, 0.3) is 0 Å². The summed E-state index contributed by atoms with van der Waals surface area (Å²) in [6, 6.07) is 8.84. The fourth-order valence-corrected chi connectivity index (χ4v) is 1.79. The van der Waals surface area contributed by atoms with E-state index in [1.807, 2.05) is 12.1 Å². The Kier molecular flexibility index (Phi) is 2.98. The van der Waals surface area contributed by atoms with E-state index in [2.05, 4.69) is 4.98 Å². The van der Waals surface area contributed by atoms with Gasteiger partial charge in [0.05, 0.1) is 0 Å². The Hall–Kier alpha value is -2.62. The maximum Gasteiger partial charge on any atom is 0.231 e. The normalized spacial score (nSPS) is 12.8. The van der Waals surface area contributed by atoms with E-state index < -0.39 is 0 Å². The maximum absolute atomic E-state index is 12.0. The molecule has 2 heterocycles. The summed E-state index contributed by atoms with van der Waals surface area (Å²) in [4.78, 5) is 15.9. The molecular weight excluding hydrogens is 242 g/mol. The largest absolute Gasteiger partial charge is 0.454 e. The number of allylic oxidation sites excluding steroid dienone is 1. The molecule has 0 atom stereocenters. The third-order valence-electron chi connectivity index (χ3n) is 2.79. The van der Waals surface area contributed by atoms with Crippen molar-refractivity contribution >= 4 is 11.9 Å². The van der Waals surface area contributed by atoms with E-state index >= 15 is 0 Å². The van der Waals surface area contributed by atoms with Crippen molar-refractivity contribution < 1.29 is 14.3 Å². The molecule has 3 rings (SSSR count). The van der Waals surface area contributed by atoms with Crippen LogP contribution in [0.5, 0.6) is 11.5 Å².